The Kier molecular flexibility index (Phi) is 5.89. The number of hydrogen-bond acceptors (Lipinski definition) is 4. The predicted molar refractivity (Wildman–Crippen MR) is 108 cm³/mol. The summed E-state index contributed by atoms with van der Waals surface area (Å²) in [5.41, 5.74) is 1.59. The molecule has 0 heterocycles. The number of nitrogens with zero attached hydrogens (tertiary/aromatic N) is 1. The fraction of sp³-hybridized carbons (Fsp3) is 0.350. The summed E-state index contributed by atoms with van der Waals surface area (Å²) in [6.07, 6.45) is 3.31. The second-order valence-electron chi connectivity index (χ2n) is 6.95. The summed E-state index contributed by atoms with van der Waals surface area (Å²) in [6, 6.07) is 14.3. The summed E-state index contributed by atoms with van der Waals surface area (Å²) in [5, 5.41) is 3.55. The maximum atomic E-state index is 12.6. The van der Waals surface area contributed by atoms with E-state index >= 15 is 0 Å². The third-order valence-electron chi connectivity index (χ3n) is 4.76. The Bertz CT molecular complexity index is 924. The Labute approximate surface area is 165 Å². The van der Waals surface area contributed by atoms with E-state index < -0.39 is 9.84 Å². The van der Waals surface area contributed by atoms with Crippen molar-refractivity contribution in [1.82, 2.24) is 4.90 Å². The molecule has 1 saturated carbocycles. The van der Waals surface area contributed by atoms with Gasteiger partial charge in [0.05, 0.1) is 11.4 Å². The van der Waals surface area contributed by atoms with Crippen LogP contribution >= 0.6 is 11.6 Å². The molecule has 2 aromatic rings. The van der Waals surface area contributed by atoms with E-state index in [0.717, 1.165) is 24.7 Å². The molecule has 1 fully saturated rings. The number of halogens is 1. The van der Waals surface area contributed by atoms with Gasteiger partial charge in [-0.25, -0.2) is 8.42 Å². The van der Waals surface area contributed by atoms with E-state index in [-0.39, 0.29) is 23.4 Å². The maximum absolute atomic E-state index is 12.6. The van der Waals surface area contributed by atoms with Gasteiger partial charge in [-0.05, 0) is 55.7 Å². The number of anilines is 1. The zero-order valence-corrected chi connectivity index (χ0v) is 16.9. The third-order valence-corrected chi connectivity index (χ3v) is 6.23. The van der Waals surface area contributed by atoms with E-state index in [1.54, 1.807) is 12.1 Å². The molecule has 2 aromatic carbocycles. The highest BCUT2D eigenvalue weighted by molar-refractivity contribution is 7.90. The number of benzene rings is 2. The van der Waals surface area contributed by atoms with Crippen LogP contribution in [0.2, 0.25) is 5.02 Å². The number of sulfone groups is 1. The van der Waals surface area contributed by atoms with Crippen LogP contribution in [0.15, 0.2) is 53.4 Å². The first kappa shape index (κ1) is 19.9. The molecule has 5 nitrogen and oxygen atoms in total. The Balaban J connectivity index is 1.68. The summed E-state index contributed by atoms with van der Waals surface area (Å²) in [5.74, 6) is -0.132. The zero-order chi connectivity index (χ0) is 19.6. The van der Waals surface area contributed by atoms with Crippen molar-refractivity contribution in [3.8, 4) is 0 Å². The zero-order valence-electron chi connectivity index (χ0n) is 15.4. The molecule has 144 valence electrons. The van der Waals surface area contributed by atoms with Crippen molar-refractivity contribution in [2.45, 2.75) is 36.7 Å². The first-order valence-electron chi connectivity index (χ1n) is 8.86. The Hall–Kier alpha value is -1.89. The van der Waals surface area contributed by atoms with Gasteiger partial charge >= 0.3 is 0 Å². The normalized spacial score (nSPS) is 15.6. The van der Waals surface area contributed by atoms with Crippen molar-refractivity contribution in [1.29, 1.82) is 0 Å². The Morgan fingerprint density at radius 3 is 2.37 bits per heavy atom. The van der Waals surface area contributed by atoms with E-state index in [9.17, 15) is 13.2 Å². The molecule has 1 aliphatic carbocycles. The van der Waals surface area contributed by atoms with Crippen LogP contribution in [0, 0.1) is 0 Å². The molecule has 0 spiro atoms. The largest absolute Gasteiger partial charge is 0.325 e. The number of hydrogen-bond donors (Lipinski definition) is 1. The summed E-state index contributed by atoms with van der Waals surface area (Å²) in [4.78, 5) is 15.0. The van der Waals surface area contributed by atoms with Crippen molar-refractivity contribution < 1.29 is 13.2 Å². The molecule has 27 heavy (non-hydrogen) atoms. The van der Waals surface area contributed by atoms with Gasteiger partial charge in [-0.1, -0.05) is 29.8 Å². The van der Waals surface area contributed by atoms with Gasteiger partial charge < -0.3 is 5.32 Å². The number of carbonyl (C=O) groups is 1. The molecule has 1 atom stereocenters. The lowest BCUT2D eigenvalue weighted by Crippen LogP contribution is -2.37. The van der Waals surface area contributed by atoms with Crippen molar-refractivity contribution in [3.05, 3.63) is 59.1 Å². The van der Waals surface area contributed by atoms with Gasteiger partial charge in [-0.2, -0.15) is 0 Å². The van der Waals surface area contributed by atoms with Crippen LogP contribution in [0.25, 0.3) is 0 Å². The average Bonchev–Trinajstić information content (AvgIpc) is 3.44. The summed E-state index contributed by atoms with van der Waals surface area (Å²) in [7, 11) is -3.25. The standard InChI is InChI=1S/C20H23ClN2O3S/c1-14(18-5-3-4-6-19(18)21)23(16-9-10-16)13-20(24)22-15-7-11-17(12-8-15)27(2,25)26/h3-8,11-12,14,16H,9-10,13H2,1-2H3,(H,22,24). The summed E-state index contributed by atoms with van der Waals surface area (Å²) in [6.45, 7) is 2.32. The van der Waals surface area contributed by atoms with Crippen LogP contribution in [0.1, 0.15) is 31.4 Å². The summed E-state index contributed by atoms with van der Waals surface area (Å²) >= 11 is 6.33. The number of nitrogens with one attached hydrogen (secondary N) is 1. The molecule has 1 aliphatic rings. The molecule has 7 heteroatoms. The van der Waals surface area contributed by atoms with E-state index in [2.05, 4.69) is 17.1 Å². The van der Waals surface area contributed by atoms with Crippen LogP contribution < -0.4 is 5.32 Å². The Morgan fingerprint density at radius 2 is 1.81 bits per heavy atom. The van der Waals surface area contributed by atoms with Gasteiger partial charge in [0.2, 0.25) is 5.91 Å². The molecule has 0 bridgehead atoms. The fourth-order valence-corrected chi connectivity index (χ4v) is 4.06. The maximum Gasteiger partial charge on any atom is 0.238 e. The highest BCUT2D eigenvalue weighted by Crippen LogP contribution is 2.36. The molecule has 0 radical (unpaired) electrons. The number of amides is 1. The van der Waals surface area contributed by atoms with Gasteiger partial charge in [0.1, 0.15) is 0 Å². The first-order chi connectivity index (χ1) is 12.8. The molecule has 1 amide bonds. The van der Waals surface area contributed by atoms with Crippen LogP contribution in [0.4, 0.5) is 5.69 Å². The molecule has 0 aliphatic heterocycles. The minimum atomic E-state index is -3.25. The second-order valence-corrected chi connectivity index (χ2v) is 9.37. The molecule has 1 N–H and O–H groups in total. The molecular formula is C20H23ClN2O3S. The lowest BCUT2D eigenvalue weighted by atomic mass is 10.1. The SMILES string of the molecule is CC(c1ccccc1Cl)N(CC(=O)Nc1ccc(S(C)(=O)=O)cc1)C1CC1. The molecule has 0 aromatic heterocycles. The molecule has 3 rings (SSSR count). The third kappa shape index (κ3) is 5.09. The van der Waals surface area contributed by atoms with Crippen LogP contribution in [-0.2, 0) is 14.6 Å². The lowest BCUT2D eigenvalue weighted by Gasteiger charge is -2.29. The quantitative estimate of drug-likeness (QED) is 0.757. The predicted octanol–water partition coefficient (Wildman–Crippen LogP) is 3.91. The van der Waals surface area contributed by atoms with Gasteiger partial charge in [0, 0.05) is 29.0 Å². The van der Waals surface area contributed by atoms with Crippen molar-refractivity contribution >= 4 is 33.0 Å². The van der Waals surface area contributed by atoms with Gasteiger partial charge in [0.15, 0.2) is 9.84 Å². The van der Waals surface area contributed by atoms with E-state index in [4.69, 9.17) is 11.6 Å². The van der Waals surface area contributed by atoms with E-state index in [1.165, 1.54) is 12.1 Å². The Morgan fingerprint density at radius 1 is 1.19 bits per heavy atom. The lowest BCUT2D eigenvalue weighted by molar-refractivity contribution is -0.118. The van der Waals surface area contributed by atoms with Crippen LogP contribution in [0.5, 0.6) is 0 Å². The molecule has 1 unspecified atom stereocenters. The van der Waals surface area contributed by atoms with Crippen LogP contribution in [-0.4, -0.2) is 38.1 Å². The fourth-order valence-electron chi connectivity index (χ4n) is 3.13. The summed E-state index contributed by atoms with van der Waals surface area (Å²) < 4.78 is 23.1. The second kappa shape index (κ2) is 8.00. The minimum Gasteiger partial charge on any atom is -0.325 e. The number of carbonyl (C=O) groups excluding carboxylic acids is 1. The van der Waals surface area contributed by atoms with Gasteiger partial charge in [0.25, 0.3) is 0 Å². The van der Waals surface area contributed by atoms with E-state index in [0.29, 0.717) is 16.8 Å². The smallest absolute Gasteiger partial charge is 0.238 e. The highest BCUT2D eigenvalue weighted by Gasteiger charge is 2.34. The monoisotopic (exact) mass is 406 g/mol. The number of rotatable bonds is 7. The van der Waals surface area contributed by atoms with Crippen molar-refractivity contribution in [2.75, 3.05) is 18.1 Å². The minimum absolute atomic E-state index is 0.0320. The van der Waals surface area contributed by atoms with E-state index in [1.807, 2.05) is 24.3 Å². The molecular weight excluding hydrogens is 384 g/mol. The van der Waals surface area contributed by atoms with Gasteiger partial charge in [-0.3, -0.25) is 9.69 Å². The van der Waals surface area contributed by atoms with Crippen molar-refractivity contribution in [2.24, 2.45) is 0 Å². The van der Waals surface area contributed by atoms with Crippen LogP contribution in [0.3, 0.4) is 0 Å². The topological polar surface area (TPSA) is 66.5 Å². The highest BCUT2D eigenvalue weighted by atomic mass is 35.5. The molecule has 0 saturated heterocycles. The first-order valence-corrected chi connectivity index (χ1v) is 11.1. The van der Waals surface area contributed by atoms with Crippen molar-refractivity contribution in [3.63, 3.8) is 0 Å². The van der Waals surface area contributed by atoms with Gasteiger partial charge in [-0.15, -0.1) is 0 Å². The average molecular weight is 407 g/mol.